The molecule has 8 heteroatoms. The fourth-order valence-corrected chi connectivity index (χ4v) is 2.49. The Kier molecular flexibility index (Phi) is 4.41. The molecule has 0 spiro atoms. The molecule has 0 aliphatic carbocycles. The van der Waals surface area contributed by atoms with E-state index in [0.717, 1.165) is 11.3 Å². The Morgan fingerprint density at radius 2 is 1.92 bits per heavy atom. The second-order valence-corrected chi connectivity index (χ2v) is 6.97. The van der Waals surface area contributed by atoms with Gasteiger partial charge in [0.25, 0.3) is 5.91 Å². The maximum atomic E-state index is 12.4. The number of hydrogen-bond acceptors (Lipinski definition) is 5. The van der Waals surface area contributed by atoms with Crippen molar-refractivity contribution in [2.24, 2.45) is 16.3 Å². The molecule has 2 heterocycles. The number of benzene rings is 1. The predicted molar refractivity (Wildman–Crippen MR) is 98.8 cm³/mol. The summed E-state index contributed by atoms with van der Waals surface area (Å²) in [7, 11) is 0. The van der Waals surface area contributed by atoms with E-state index in [9.17, 15) is 9.59 Å². The number of carbonyl (C=O) groups is 2. The smallest absolute Gasteiger partial charge is 0.343 e. The highest BCUT2D eigenvalue weighted by atomic mass is 16.2. The zero-order chi connectivity index (χ0) is 18.9. The van der Waals surface area contributed by atoms with E-state index >= 15 is 0 Å². The van der Waals surface area contributed by atoms with Gasteiger partial charge in [0.1, 0.15) is 5.56 Å². The third kappa shape index (κ3) is 3.39. The van der Waals surface area contributed by atoms with Crippen molar-refractivity contribution in [2.45, 2.75) is 20.8 Å². The van der Waals surface area contributed by atoms with Crippen molar-refractivity contribution in [2.75, 3.05) is 11.4 Å². The minimum absolute atomic E-state index is 0.0787. The number of rotatable bonds is 3. The van der Waals surface area contributed by atoms with E-state index in [2.05, 4.69) is 20.5 Å². The molecule has 0 saturated carbocycles. The van der Waals surface area contributed by atoms with E-state index < -0.39 is 11.9 Å². The van der Waals surface area contributed by atoms with Crippen LogP contribution in [0.2, 0.25) is 0 Å². The van der Waals surface area contributed by atoms with Crippen LogP contribution < -0.4 is 16.1 Å². The number of aromatic nitrogens is 2. The van der Waals surface area contributed by atoms with Crippen LogP contribution in [0, 0.1) is 5.41 Å². The van der Waals surface area contributed by atoms with Crippen LogP contribution in [0.25, 0.3) is 11.4 Å². The van der Waals surface area contributed by atoms with Crippen LogP contribution >= 0.6 is 0 Å². The van der Waals surface area contributed by atoms with Crippen LogP contribution in [0.3, 0.4) is 0 Å². The molecule has 134 valence electrons. The van der Waals surface area contributed by atoms with Crippen LogP contribution in [0.1, 0.15) is 31.1 Å². The van der Waals surface area contributed by atoms with E-state index in [-0.39, 0.29) is 23.3 Å². The quantitative estimate of drug-likeness (QED) is 0.881. The van der Waals surface area contributed by atoms with Crippen molar-refractivity contribution in [3.8, 4) is 11.4 Å². The van der Waals surface area contributed by atoms with E-state index in [0.29, 0.717) is 5.82 Å². The molecule has 1 aromatic heterocycles. The molecule has 1 aliphatic rings. The first kappa shape index (κ1) is 17.5. The SMILES string of the molecule is CC(C)(C)C1=NNC(=O)N(c2nc(-c3ccccc3)ncc2C(N)=O)C1. The molecule has 1 aliphatic heterocycles. The summed E-state index contributed by atoms with van der Waals surface area (Å²) in [6, 6.07) is 8.82. The highest BCUT2D eigenvalue weighted by Crippen LogP contribution is 2.26. The van der Waals surface area contributed by atoms with Gasteiger partial charge in [0.15, 0.2) is 11.6 Å². The van der Waals surface area contributed by atoms with Gasteiger partial charge in [0, 0.05) is 17.2 Å². The van der Waals surface area contributed by atoms with E-state index in [4.69, 9.17) is 5.73 Å². The molecule has 0 atom stereocenters. The molecule has 0 radical (unpaired) electrons. The third-order valence-electron chi connectivity index (χ3n) is 4.03. The number of primary amides is 1. The minimum Gasteiger partial charge on any atom is -0.365 e. The normalized spacial score (nSPS) is 14.7. The van der Waals surface area contributed by atoms with Gasteiger partial charge in [0.05, 0.1) is 12.3 Å². The number of urea groups is 1. The summed E-state index contributed by atoms with van der Waals surface area (Å²) in [6.45, 7) is 6.18. The highest BCUT2D eigenvalue weighted by Gasteiger charge is 2.32. The molecule has 3 amide bonds. The van der Waals surface area contributed by atoms with Crippen LogP contribution in [0.4, 0.5) is 10.6 Å². The van der Waals surface area contributed by atoms with Gasteiger partial charge in [-0.15, -0.1) is 0 Å². The van der Waals surface area contributed by atoms with Crippen molar-refractivity contribution in [3.05, 3.63) is 42.1 Å². The van der Waals surface area contributed by atoms with Gasteiger partial charge in [-0.3, -0.25) is 9.69 Å². The number of hydrazone groups is 1. The Labute approximate surface area is 151 Å². The number of amides is 3. The second-order valence-electron chi connectivity index (χ2n) is 6.97. The third-order valence-corrected chi connectivity index (χ3v) is 4.03. The predicted octanol–water partition coefficient (Wildman–Crippen LogP) is 2.17. The van der Waals surface area contributed by atoms with Gasteiger partial charge in [0.2, 0.25) is 0 Å². The molecule has 1 aromatic carbocycles. The average Bonchev–Trinajstić information content (AvgIpc) is 2.61. The molecular weight excluding hydrogens is 332 g/mol. The largest absolute Gasteiger partial charge is 0.365 e. The first-order valence-corrected chi connectivity index (χ1v) is 8.14. The van der Waals surface area contributed by atoms with Crippen LogP contribution in [-0.2, 0) is 0 Å². The topological polar surface area (TPSA) is 114 Å². The average molecular weight is 352 g/mol. The number of carbonyl (C=O) groups excluding carboxylic acids is 2. The van der Waals surface area contributed by atoms with Crippen molar-refractivity contribution >= 4 is 23.5 Å². The molecule has 0 saturated heterocycles. The van der Waals surface area contributed by atoms with Gasteiger partial charge in [-0.25, -0.2) is 20.2 Å². The lowest BCUT2D eigenvalue weighted by molar-refractivity contribution is 0.100. The van der Waals surface area contributed by atoms with Crippen molar-refractivity contribution in [3.63, 3.8) is 0 Å². The number of nitrogens with zero attached hydrogens (tertiary/aromatic N) is 4. The summed E-state index contributed by atoms with van der Waals surface area (Å²) in [6.07, 6.45) is 1.35. The molecule has 3 N–H and O–H groups in total. The summed E-state index contributed by atoms with van der Waals surface area (Å²) in [4.78, 5) is 34.3. The zero-order valence-corrected chi connectivity index (χ0v) is 14.9. The second kappa shape index (κ2) is 6.55. The standard InChI is InChI=1S/C18H20N6O2/c1-18(2,3)13-10-24(17(26)23-22-13)16-12(14(19)25)9-20-15(21-16)11-7-5-4-6-8-11/h4-9H,10H2,1-3H3,(H2,19,25)(H,23,26). The first-order chi connectivity index (χ1) is 12.3. The van der Waals surface area contributed by atoms with Crippen LogP contribution in [0.5, 0.6) is 0 Å². The maximum Gasteiger partial charge on any atom is 0.343 e. The molecule has 0 fully saturated rings. The number of anilines is 1. The lowest BCUT2D eigenvalue weighted by Crippen LogP contribution is -2.50. The Morgan fingerprint density at radius 3 is 2.54 bits per heavy atom. The van der Waals surface area contributed by atoms with E-state index in [1.807, 2.05) is 51.1 Å². The molecule has 26 heavy (non-hydrogen) atoms. The van der Waals surface area contributed by atoms with Crippen molar-refractivity contribution in [1.82, 2.24) is 15.4 Å². The Bertz CT molecular complexity index is 886. The monoisotopic (exact) mass is 352 g/mol. The number of hydrogen-bond donors (Lipinski definition) is 2. The van der Waals surface area contributed by atoms with Crippen LogP contribution in [0.15, 0.2) is 41.6 Å². The van der Waals surface area contributed by atoms with Crippen LogP contribution in [-0.4, -0.2) is 34.2 Å². The van der Waals surface area contributed by atoms with E-state index in [1.54, 1.807) is 0 Å². The summed E-state index contributed by atoms with van der Waals surface area (Å²) < 4.78 is 0. The maximum absolute atomic E-state index is 12.4. The molecule has 8 nitrogen and oxygen atoms in total. The summed E-state index contributed by atoms with van der Waals surface area (Å²) in [5, 5.41) is 4.13. The molecule has 3 rings (SSSR count). The fourth-order valence-electron chi connectivity index (χ4n) is 2.49. The molecule has 0 unspecified atom stereocenters. The first-order valence-electron chi connectivity index (χ1n) is 8.14. The van der Waals surface area contributed by atoms with E-state index in [1.165, 1.54) is 11.1 Å². The lowest BCUT2D eigenvalue weighted by Gasteiger charge is -2.32. The molecular formula is C18H20N6O2. The summed E-state index contributed by atoms with van der Waals surface area (Å²) >= 11 is 0. The van der Waals surface area contributed by atoms with Crippen molar-refractivity contribution < 1.29 is 9.59 Å². The van der Waals surface area contributed by atoms with Gasteiger partial charge < -0.3 is 5.73 Å². The summed E-state index contributed by atoms with van der Waals surface area (Å²) in [5.74, 6) is -0.133. The van der Waals surface area contributed by atoms with Crippen molar-refractivity contribution in [1.29, 1.82) is 0 Å². The fraction of sp³-hybridized carbons (Fsp3) is 0.278. The summed E-state index contributed by atoms with van der Waals surface area (Å²) in [5.41, 5.74) is 9.29. The Hall–Kier alpha value is -3.29. The zero-order valence-electron chi connectivity index (χ0n) is 14.9. The number of nitrogens with two attached hydrogens (primary N) is 1. The Balaban J connectivity index is 2.09. The lowest BCUT2D eigenvalue weighted by atomic mass is 9.89. The number of nitrogens with one attached hydrogen (secondary N) is 1. The van der Waals surface area contributed by atoms with Gasteiger partial charge in [-0.05, 0) is 0 Å². The van der Waals surface area contributed by atoms with Gasteiger partial charge in [-0.2, -0.15) is 5.10 Å². The molecule has 0 bridgehead atoms. The van der Waals surface area contributed by atoms with Gasteiger partial charge >= 0.3 is 6.03 Å². The van der Waals surface area contributed by atoms with Gasteiger partial charge in [-0.1, -0.05) is 51.1 Å². The molecule has 2 aromatic rings. The highest BCUT2D eigenvalue weighted by molar-refractivity contribution is 6.08. The minimum atomic E-state index is -0.702. The Morgan fingerprint density at radius 1 is 1.23 bits per heavy atom.